The fourth-order valence-electron chi connectivity index (χ4n) is 2.67. The summed E-state index contributed by atoms with van der Waals surface area (Å²) in [5.74, 6) is 0.278. The molecule has 112 valence electrons. The van der Waals surface area contributed by atoms with Crippen molar-refractivity contribution in [3.8, 4) is 0 Å². The first-order chi connectivity index (χ1) is 10.1. The third kappa shape index (κ3) is 3.11. The molecule has 0 radical (unpaired) electrons. The predicted octanol–water partition coefficient (Wildman–Crippen LogP) is 1.14. The monoisotopic (exact) mass is 351 g/mol. The summed E-state index contributed by atoms with van der Waals surface area (Å²) in [7, 11) is 0. The lowest BCUT2D eigenvalue weighted by atomic mass is 10.0. The minimum atomic E-state index is -0.252. The van der Waals surface area contributed by atoms with Gasteiger partial charge in [-0.3, -0.25) is 9.59 Å². The minimum absolute atomic E-state index is 0.00682. The molecule has 2 amide bonds. The fraction of sp³-hybridized carbons (Fsp3) is 0.467. The van der Waals surface area contributed by atoms with Gasteiger partial charge in [0.25, 0.3) is 0 Å². The van der Waals surface area contributed by atoms with Crippen molar-refractivity contribution in [2.75, 3.05) is 31.1 Å². The molecule has 0 bridgehead atoms. The second-order valence-electron chi connectivity index (χ2n) is 5.63. The van der Waals surface area contributed by atoms with E-state index in [-0.39, 0.29) is 24.2 Å². The number of benzene rings is 1. The molecule has 3 rings (SSSR count). The molecule has 0 aliphatic carbocycles. The number of rotatable bonds is 4. The summed E-state index contributed by atoms with van der Waals surface area (Å²) in [5.41, 5.74) is 0.834. The van der Waals surface area contributed by atoms with Crippen LogP contribution in [0.3, 0.4) is 0 Å². The Bertz CT molecular complexity index is 560. The lowest BCUT2D eigenvalue weighted by Crippen LogP contribution is -2.49. The van der Waals surface area contributed by atoms with Gasteiger partial charge in [0.2, 0.25) is 11.8 Å². The molecule has 2 saturated heterocycles. The Morgan fingerprint density at radius 2 is 2.14 bits per heavy atom. The fourth-order valence-corrected chi connectivity index (χ4v) is 3.17. The van der Waals surface area contributed by atoms with Gasteiger partial charge in [-0.05, 0) is 28.1 Å². The summed E-state index contributed by atoms with van der Waals surface area (Å²) in [6.45, 7) is 3.09. The molecule has 2 aliphatic rings. The van der Waals surface area contributed by atoms with Crippen molar-refractivity contribution >= 4 is 33.4 Å². The molecule has 2 fully saturated rings. The van der Waals surface area contributed by atoms with Gasteiger partial charge in [-0.25, -0.2) is 0 Å². The van der Waals surface area contributed by atoms with Crippen LogP contribution in [0.5, 0.6) is 0 Å². The molecule has 2 heterocycles. The van der Waals surface area contributed by atoms with Gasteiger partial charge in [0, 0.05) is 43.0 Å². The highest BCUT2D eigenvalue weighted by atomic mass is 79.9. The van der Waals surface area contributed by atoms with Gasteiger partial charge >= 0.3 is 0 Å². The third-order valence-electron chi connectivity index (χ3n) is 4.07. The molecule has 1 aromatic rings. The van der Waals surface area contributed by atoms with Crippen molar-refractivity contribution in [3.63, 3.8) is 0 Å². The Morgan fingerprint density at radius 1 is 1.38 bits per heavy atom. The lowest BCUT2D eigenvalue weighted by molar-refractivity contribution is -0.126. The zero-order chi connectivity index (χ0) is 14.8. The number of hydrogen-bond acceptors (Lipinski definition) is 3. The number of amides is 2. The van der Waals surface area contributed by atoms with E-state index in [1.54, 1.807) is 4.90 Å². The number of halogens is 1. The van der Waals surface area contributed by atoms with Gasteiger partial charge in [-0.15, -0.1) is 0 Å². The summed E-state index contributed by atoms with van der Waals surface area (Å²) in [6, 6.07) is 7.59. The van der Waals surface area contributed by atoms with Crippen molar-refractivity contribution in [1.29, 1.82) is 0 Å². The van der Waals surface area contributed by atoms with E-state index in [4.69, 9.17) is 0 Å². The smallest absolute Gasteiger partial charge is 0.227 e. The van der Waals surface area contributed by atoms with Crippen LogP contribution < -0.4 is 15.5 Å². The molecule has 1 aromatic carbocycles. The SMILES string of the molecule is O=C(NCC1CNC1)C1CC(=O)N(c2ccccc2Br)C1. The number of nitrogens with zero attached hydrogens (tertiary/aromatic N) is 1. The first-order valence-corrected chi connectivity index (χ1v) is 7.98. The van der Waals surface area contributed by atoms with E-state index in [1.165, 1.54) is 0 Å². The molecule has 6 heteroatoms. The Labute approximate surface area is 132 Å². The summed E-state index contributed by atoms with van der Waals surface area (Å²) >= 11 is 3.46. The van der Waals surface area contributed by atoms with Crippen molar-refractivity contribution in [2.45, 2.75) is 6.42 Å². The van der Waals surface area contributed by atoms with Crippen molar-refractivity contribution < 1.29 is 9.59 Å². The van der Waals surface area contributed by atoms with Crippen molar-refractivity contribution in [2.24, 2.45) is 11.8 Å². The molecule has 21 heavy (non-hydrogen) atoms. The highest BCUT2D eigenvalue weighted by Crippen LogP contribution is 2.31. The normalized spacial score (nSPS) is 22.2. The van der Waals surface area contributed by atoms with E-state index >= 15 is 0 Å². The van der Waals surface area contributed by atoms with Crippen LogP contribution >= 0.6 is 15.9 Å². The van der Waals surface area contributed by atoms with Gasteiger partial charge in [0.15, 0.2) is 0 Å². The van der Waals surface area contributed by atoms with Crippen LogP contribution in [0.2, 0.25) is 0 Å². The molecule has 1 unspecified atom stereocenters. The highest BCUT2D eigenvalue weighted by Gasteiger charge is 2.36. The van der Waals surface area contributed by atoms with E-state index in [2.05, 4.69) is 26.6 Å². The lowest BCUT2D eigenvalue weighted by Gasteiger charge is -2.27. The van der Waals surface area contributed by atoms with Crippen LogP contribution in [-0.2, 0) is 9.59 Å². The van der Waals surface area contributed by atoms with Gasteiger partial charge in [-0.2, -0.15) is 0 Å². The third-order valence-corrected chi connectivity index (χ3v) is 4.74. The molecule has 0 spiro atoms. The zero-order valence-corrected chi connectivity index (χ0v) is 13.2. The largest absolute Gasteiger partial charge is 0.355 e. The topological polar surface area (TPSA) is 61.4 Å². The molecular formula is C15H18BrN3O2. The Kier molecular flexibility index (Phi) is 4.26. The van der Waals surface area contributed by atoms with E-state index in [9.17, 15) is 9.59 Å². The summed E-state index contributed by atoms with van der Waals surface area (Å²) in [5, 5.41) is 6.14. The van der Waals surface area contributed by atoms with E-state index < -0.39 is 0 Å². The first-order valence-electron chi connectivity index (χ1n) is 7.18. The van der Waals surface area contributed by atoms with Crippen LogP contribution in [0.4, 0.5) is 5.69 Å². The maximum Gasteiger partial charge on any atom is 0.227 e. The van der Waals surface area contributed by atoms with Crippen LogP contribution in [0.15, 0.2) is 28.7 Å². The number of hydrogen-bond donors (Lipinski definition) is 2. The standard InChI is InChI=1S/C15H18BrN3O2/c16-12-3-1-2-4-13(12)19-9-11(5-14(19)20)15(21)18-8-10-6-17-7-10/h1-4,10-11,17H,5-9H2,(H,18,21). The van der Waals surface area contributed by atoms with E-state index in [1.807, 2.05) is 24.3 Å². The molecule has 0 aromatic heterocycles. The Balaban J connectivity index is 1.61. The maximum absolute atomic E-state index is 12.2. The average molecular weight is 352 g/mol. The second-order valence-corrected chi connectivity index (χ2v) is 6.48. The average Bonchev–Trinajstić information content (AvgIpc) is 2.79. The second kappa shape index (κ2) is 6.15. The van der Waals surface area contributed by atoms with Gasteiger partial charge in [-0.1, -0.05) is 12.1 Å². The van der Waals surface area contributed by atoms with E-state index in [0.29, 0.717) is 19.0 Å². The van der Waals surface area contributed by atoms with Crippen molar-refractivity contribution in [1.82, 2.24) is 10.6 Å². The molecule has 5 nitrogen and oxygen atoms in total. The quantitative estimate of drug-likeness (QED) is 0.854. The Morgan fingerprint density at radius 3 is 2.81 bits per heavy atom. The summed E-state index contributed by atoms with van der Waals surface area (Å²) < 4.78 is 0.875. The van der Waals surface area contributed by atoms with Gasteiger partial charge < -0.3 is 15.5 Å². The number of anilines is 1. The number of carbonyl (C=O) groups is 2. The minimum Gasteiger partial charge on any atom is -0.355 e. The zero-order valence-electron chi connectivity index (χ0n) is 11.6. The molecule has 0 saturated carbocycles. The van der Waals surface area contributed by atoms with Crippen LogP contribution in [0, 0.1) is 11.8 Å². The van der Waals surface area contributed by atoms with Crippen LogP contribution in [0.25, 0.3) is 0 Å². The summed E-state index contributed by atoms with van der Waals surface area (Å²) in [4.78, 5) is 26.0. The molecule has 2 N–H and O–H groups in total. The Hall–Kier alpha value is -1.40. The van der Waals surface area contributed by atoms with Gasteiger partial charge in [0.05, 0.1) is 11.6 Å². The van der Waals surface area contributed by atoms with Crippen molar-refractivity contribution in [3.05, 3.63) is 28.7 Å². The summed E-state index contributed by atoms with van der Waals surface area (Å²) in [6.07, 6.45) is 0.288. The maximum atomic E-state index is 12.2. The van der Waals surface area contributed by atoms with Crippen LogP contribution in [-0.4, -0.2) is 38.0 Å². The first kappa shape index (κ1) is 14.5. The van der Waals surface area contributed by atoms with E-state index in [0.717, 1.165) is 23.2 Å². The highest BCUT2D eigenvalue weighted by molar-refractivity contribution is 9.10. The van der Waals surface area contributed by atoms with Crippen LogP contribution in [0.1, 0.15) is 6.42 Å². The number of para-hydroxylation sites is 1. The molecule has 2 aliphatic heterocycles. The number of nitrogens with one attached hydrogen (secondary N) is 2. The molecular weight excluding hydrogens is 334 g/mol. The number of carbonyl (C=O) groups excluding carboxylic acids is 2. The van der Waals surface area contributed by atoms with Gasteiger partial charge in [0.1, 0.15) is 0 Å². The predicted molar refractivity (Wildman–Crippen MR) is 84.0 cm³/mol. The molecule has 1 atom stereocenters.